The number of Topliss-reactive ketones (excluding diaryl/α,β-unsaturated/α-hetero) is 1. The molecular formula is C21H23N3O3. The third-order valence-corrected chi connectivity index (χ3v) is 6.56. The molecule has 3 atom stereocenters. The van der Waals surface area contributed by atoms with Crippen LogP contribution in [0.15, 0.2) is 24.3 Å². The van der Waals surface area contributed by atoms with Gasteiger partial charge in [0.15, 0.2) is 5.78 Å². The standard InChI is InChI=1S/C21H23N3O3/c1-21-9-13(21)8-14-15(10-21)22-23-19(14)17(25)7-12-11-27-18-6-4-3-5-16(18)24(2)20(12)26/h3-6,12-13H,7-11H2,1-2H3,(H,22,23)/t12-,13?,21?/m0/s1. The summed E-state index contributed by atoms with van der Waals surface area (Å²) in [5, 5.41) is 7.39. The lowest BCUT2D eigenvalue weighted by Gasteiger charge is -2.19. The number of hydrogen-bond donors (Lipinski definition) is 1. The second kappa shape index (κ2) is 5.68. The van der Waals surface area contributed by atoms with E-state index in [2.05, 4.69) is 17.1 Å². The Morgan fingerprint density at radius 3 is 3.07 bits per heavy atom. The van der Waals surface area contributed by atoms with Crippen LogP contribution in [0.25, 0.3) is 0 Å². The number of carbonyl (C=O) groups excluding carboxylic acids is 2. The van der Waals surface area contributed by atoms with E-state index in [1.165, 1.54) is 6.42 Å². The highest BCUT2D eigenvalue weighted by Crippen LogP contribution is 2.59. The Morgan fingerprint density at radius 2 is 2.22 bits per heavy atom. The lowest BCUT2D eigenvalue weighted by Crippen LogP contribution is -2.35. The molecule has 0 radical (unpaired) electrons. The first kappa shape index (κ1) is 16.5. The molecule has 27 heavy (non-hydrogen) atoms. The van der Waals surface area contributed by atoms with Gasteiger partial charge in [0.25, 0.3) is 0 Å². The number of carbonyl (C=O) groups is 2. The number of ketones is 1. The molecular weight excluding hydrogens is 342 g/mol. The molecule has 2 unspecified atom stereocenters. The predicted octanol–water partition coefficient (Wildman–Crippen LogP) is 2.78. The van der Waals surface area contributed by atoms with Crippen molar-refractivity contribution in [1.82, 2.24) is 10.2 Å². The first-order valence-electron chi connectivity index (χ1n) is 9.55. The number of rotatable bonds is 3. The van der Waals surface area contributed by atoms with Gasteiger partial charge in [-0.15, -0.1) is 0 Å². The van der Waals surface area contributed by atoms with Crippen LogP contribution in [-0.4, -0.2) is 35.5 Å². The largest absolute Gasteiger partial charge is 0.491 e. The second-order valence-corrected chi connectivity index (χ2v) is 8.47. The molecule has 6 heteroatoms. The van der Waals surface area contributed by atoms with E-state index in [1.54, 1.807) is 11.9 Å². The molecule has 0 bridgehead atoms. The van der Waals surface area contributed by atoms with E-state index < -0.39 is 5.92 Å². The third kappa shape index (κ3) is 2.58. The molecule has 1 aromatic heterocycles. The molecule has 1 aliphatic heterocycles. The summed E-state index contributed by atoms with van der Waals surface area (Å²) in [6.07, 6.45) is 3.23. The molecule has 0 saturated heterocycles. The van der Waals surface area contributed by atoms with Crippen LogP contribution >= 0.6 is 0 Å². The molecule has 5 rings (SSSR count). The minimum Gasteiger partial charge on any atom is -0.491 e. The van der Waals surface area contributed by atoms with Crippen molar-refractivity contribution >= 4 is 17.4 Å². The van der Waals surface area contributed by atoms with Gasteiger partial charge in [0.1, 0.15) is 18.1 Å². The van der Waals surface area contributed by atoms with Gasteiger partial charge in [-0.05, 0) is 42.7 Å². The number of anilines is 1. The lowest BCUT2D eigenvalue weighted by atomic mass is 9.86. The summed E-state index contributed by atoms with van der Waals surface area (Å²) in [5.41, 5.74) is 3.82. The van der Waals surface area contributed by atoms with Gasteiger partial charge >= 0.3 is 0 Å². The first-order chi connectivity index (χ1) is 13.0. The zero-order valence-corrected chi connectivity index (χ0v) is 15.6. The number of H-pyrrole nitrogens is 1. The van der Waals surface area contributed by atoms with Gasteiger partial charge in [-0.2, -0.15) is 5.10 Å². The van der Waals surface area contributed by atoms with Gasteiger partial charge in [0, 0.05) is 24.7 Å². The van der Waals surface area contributed by atoms with E-state index in [-0.39, 0.29) is 24.7 Å². The highest BCUT2D eigenvalue weighted by atomic mass is 16.5. The number of aromatic amines is 1. The number of nitrogens with one attached hydrogen (secondary N) is 1. The topological polar surface area (TPSA) is 75.3 Å². The maximum atomic E-state index is 13.0. The van der Waals surface area contributed by atoms with Crippen LogP contribution in [0.2, 0.25) is 0 Å². The van der Waals surface area contributed by atoms with E-state index in [4.69, 9.17) is 4.74 Å². The smallest absolute Gasteiger partial charge is 0.233 e. The molecule has 1 N–H and O–H groups in total. The minimum absolute atomic E-state index is 0.0712. The van der Waals surface area contributed by atoms with Crippen LogP contribution in [-0.2, 0) is 17.6 Å². The first-order valence-corrected chi connectivity index (χ1v) is 9.55. The van der Waals surface area contributed by atoms with Crippen molar-refractivity contribution in [2.75, 3.05) is 18.6 Å². The van der Waals surface area contributed by atoms with Gasteiger partial charge in [-0.1, -0.05) is 19.1 Å². The minimum atomic E-state index is -0.503. The average Bonchev–Trinajstić information content (AvgIpc) is 3.19. The number of ether oxygens (including phenoxy) is 1. The summed E-state index contributed by atoms with van der Waals surface area (Å²) in [6, 6.07) is 7.46. The Hall–Kier alpha value is -2.63. The molecule has 3 aliphatic rings. The Kier molecular flexibility index (Phi) is 3.48. The van der Waals surface area contributed by atoms with Crippen molar-refractivity contribution < 1.29 is 14.3 Å². The number of para-hydroxylation sites is 2. The van der Waals surface area contributed by atoms with Gasteiger partial charge in [-0.25, -0.2) is 0 Å². The number of benzene rings is 1. The highest BCUT2D eigenvalue weighted by Gasteiger charge is 2.53. The molecule has 2 aliphatic carbocycles. The van der Waals surface area contributed by atoms with Crippen molar-refractivity contribution in [1.29, 1.82) is 0 Å². The Bertz CT molecular complexity index is 950. The molecule has 0 spiro atoms. The van der Waals surface area contributed by atoms with E-state index in [0.717, 1.165) is 29.8 Å². The van der Waals surface area contributed by atoms with Crippen LogP contribution in [0, 0.1) is 17.3 Å². The normalized spacial score (nSPS) is 28.5. The number of fused-ring (bicyclic) bond motifs is 3. The lowest BCUT2D eigenvalue weighted by molar-refractivity contribution is -0.122. The summed E-state index contributed by atoms with van der Waals surface area (Å²) in [7, 11) is 1.73. The molecule has 1 saturated carbocycles. The number of nitrogens with zero attached hydrogens (tertiary/aromatic N) is 2. The Balaban J connectivity index is 1.36. The van der Waals surface area contributed by atoms with E-state index in [1.807, 2.05) is 24.3 Å². The van der Waals surface area contributed by atoms with Gasteiger partial charge in [0.05, 0.1) is 11.6 Å². The molecule has 140 valence electrons. The van der Waals surface area contributed by atoms with E-state index in [0.29, 0.717) is 22.8 Å². The fourth-order valence-corrected chi connectivity index (χ4v) is 4.66. The summed E-state index contributed by atoms with van der Waals surface area (Å²) in [6.45, 7) is 2.51. The zero-order chi connectivity index (χ0) is 18.8. The average molecular weight is 365 g/mol. The van der Waals surface area contributed by atoms with Gasteiger partial charge < -0.3 is 9.64 Å². The van der Waals surface area contributed by atoms with Crippen molar-refractivity contribution in [2.45, 2.75) is 32.6 Å². The molecule has 2 heterocycles. The van der Waals surface area contributed by atoms with Crippen LogP contribution in [0.4, 0.5) is 5.69 Å². The van der Waals surface area contributed by atoms with Gasteiger partial charge in [0.2, 0.25) is 5.91 Å². The van der Waals surface area contributed by atoms with Crippen LogP contribution in [0.1, 0.15) is 41.5 Å². The maximum Gasteiger partial charge on any atom is 0.233 e. The molecule has 1 fully saturated rings. The fourth-order valence-electron chi connectivity index (χ4n) is 4.66. The molecule has 1 aromatic carbocycles. The predicted molar refractivity (Wildman–Crippen MR) is 100.0 cm³/mol. The second-order valence-electron chi connectivity index (χ2n) is 8.47. The van der Waals surface area contributed by atoms with Crippen LogP contribution in [0.5, 0.6) is 5.75 Å². The van der Waals surface area contributed by atoms with Crippen molar-refractivity contribution in [3.05, 3.63) is 41.2 Å². The number of amides is 1. The summed E-state index contributed by atoms with van der Waals surface area (Å²) >= 11 is 0. The summed E-state index contributed by atoms with van der Waals surface area (Å²) in [5.74, 6) is 0.675. The molecule has 6 nitrogen and oxygen atoms in total. The summed E-state index contributed by atoms with van der Waals surface area (Å²) in [4.78, 5) is 27.4. The van der Waals surface area contributed by atoms with Crippen molar-refractivity contribution in [3.63, 3.8) is 0 Å². The fraction of sp³-hybridized carbons (Fsp3) is 0.476. The van der Waals surface area contributed by atoms with E-state index in [9.17, 15) is 9.59 Å². The quantitative estimate of drug-likeness (QED) is 0.849. The van der Waals surface area contributed by atoms with Gasteiger partial charge in [-0.3, -0.25) is 14.7 Å². The monoisotopic (exact) mass is 365 g/mol. The van der Waals surface area contributed by atoms with Crippen LogP contribution in [0.3, 0.4) is 0 Å². The van der Waals surface area contributed by atoms with E-state index >= 15 is 0 Å². The van der Waals surface area contributed by atoms with Crippen molar-refractivity contribution in [3.8, 4) is 5.75 Å². The Labute approximate surface area is 157 Å². The Morgan fingerprint density at radius 1 is 1.41 bits per heavy atom. The maximum absolute atomic E-state index is 13.0. The SMILES string of the molecule is CN1C(=O)[C@@H](CC(=O)c2n[nH]c3c2CC2CC2(C)C3)COc2ccccc21. The molecule has 2 aromatic rings. The highest BCUT2D eigenvalue weighted by molar-refractivity contribution is 6.02. The number of aromatic nitrogens is 2. The van der Waals surface area contributed by atoms with Crippen molar-refractivity contribution in [2.24, 2.45) is 17.3 Å². The van der Waals surface area contributed by atoms with Crippen LogP contribution < -0.4 is 9.64 Å². The summed E-state index contributed by atoms with van der Waals surface area (Å²) < 4.78 is 5.83. The molecule has 1 amide bonds. The number of hydrogen-bond acceptors (Lipinski definition) is 4. The third-order valence-electron chi connectivity index (χ3n) is 6.56. The zero-order valence-electron chi connectivity index (χ0n) is 15.6.